The molecule has 2 heterocycles. The first-order valence-corrected chi connectivity index (χ1v) is 7.60. The van der Waals surface area contributed by atoms with Crippen LogP contribution in [0.1, 0.15) is 30.7 Å². The minimum absolute atomic E-state index is 0.553. The molecule has 0 radical (unpaired) electrons. The van der Waals surface area contributed by atoms with Crippen molar-refractivity contribution in [3.8, 4) is 0 Å². The highest BCUT2D eigenvalue weighted by Crippen LogP contribution is 2.19. The Bertz CT molecular complexity index is 268. The lowest BCUT2D eigenvalue weighted by Gasteiger charge is -2.23. The standard InChI is InChI=1S/C11H18N2S2/c1-9(11-12-4-6-15-11)7-13-10-3-2-5-14-8-10/h4,6,9-10,13H,2-3,5,7-8H2,1H3. The second-order valence-electron chi connectivity index (χ2n) is 4.09. The molecule has 0 saturated carbocycles. The lowest BCUT2D eigenvalue weighted by molar-refractivity contribution is 0.487. The van der Waals surface area contributed by atoms with Gasteiger partial charge in [-0.2, -0.15) is 11.8 Å². The average Bonchev–Trinajstić information content (AvgIpc) is 2.81. The molecule has 1 N–H and O–H groups in total. The maximum absolute atomic E-state index is 4.35. The van der Waals surface area contributed by atoms with Crippen LogP contribution in [0.4, 0.5) is 0 Å². The van der Waals surface area contributed by atoms with Gasteiger partial charge < -0.3 is 5.32 Å². The summed E-state index contributed by atoms with van der Waals surface area (Å²) >= 11 is 3.84. The zero-order valence-corrected chi connectivity index (χ0v) is 10.7. The molecule has 1 aliphatic heterocycles. The minimum atomic E-state index is 0.553. The van der Waals surface area contributed by atoms with Crippen molar-refractivity contribution in [3.05, 3.63) is 16.6 Å². The van der Waals surface area contributed by atoms with E-state index in [4.69, 9.17) is 0 Å². The predicted molar refractivity (Wildman–Crippen MR) is 68.9 cm³/mol. The Balaban J connectivity index is 1.73. The summed E-state index contributed by atoms with van der Waals surface area (Å²) in [5, 5.41) is 6.97. The van der Waals surface area contributed by atoms with E-state index >= 15 is 0 Å². The van der Waals surface area contributed by atoms with Gasteiger partial charge in [-0.15, -0.1) is 11.3 Å². The SMILES string of the molecule is CC(CNC1CCCSC1)c1nccs1. The summed E-state index contributed by atoms with van der Waals surface area (Å²) in [6, 6.07) is 0.728. The predicted octanol–water partition coefficient (Wildman–Crippen LogP) is 2.73. The molecule has 1 aromatic heterocycles. The first-order valence-electron chi connectivity index (χ1n) is 5.57. The summed E-state index contributed by atoms with van der Waals surface area (Å²) in [6.45, 7) is 3.32. The number of aromatic nitrogens is 1. The van der Waals surface area contributed by atoms with Gasteiger partial charge in [0.05, 0.1) is 5.01 Å². The van der Waals surface area contributed by atoms with Crippen LogP contribution in [0.3, 0.4) is 0 Å². The van der Waals surface area contributed by atoms with E-state index in [9.17, 15) is 0 Å². The van der Waals surface area contributed by atoms with Gasteiger partial charge in [0.1, 0.15) is 0 Å². The van der Waals surface area contributed by atoms with Crippen LogP contribution in [0, 0.1) is 0 Å². The first kappa shape index (κ1) is 11.4. The van der Waals surface area contributed by atoms with Gasteiger partial charge in [0, 0.05) is 35.8 Å². The lowest BCUT2D eigenvalue weighted by atomic mass is 10.1. The van der Waals surface area contributed by atoms with Crippen LogP contribution in [-0.4, -0.2) is 29.1 Å². The van der Waals surface area contributed by atoms with Crippen LogP contribution >= 0.6 is 23.1 Å². The van der Waals surface area contributed by atoms with E-state index in [0.717, 1.165) is 12.6 Å². The van der Waals surface area contributed by atoms with E-state index < -0.39 is 0 Å². The van der Waals surface area contributed by atoms with Gasteiger partial charge in [0.25, 0.3) is 0 Å². The summed E-state index contributed by atoms with van der Waals surface area (Å²) in [4.78, 5) is 4.35. The van der Waals surface area contributed by atoms with Gasteiger partial charge in [-0.05, 0) is 18.6 Å². The molecule has 0 amide bonds. The van der Waals surface area contributed by atoms with Crippen molar-refractivity contribution in [3.63, 3.8) is 0 Å². The van der Waals surface area contributed by atoms with Gasteiger partial charge in [-0.25, -0.2) is 4.98 Å². The fourth-order valence-corrected chi connectivity index (χ4v) is 3.62. The molecule has 2 atom stereocenters. The number of rotatable bonds is 4. The quantitative estimate of drug-likeness (QED) is 0.879. The van der Waals surface area contributed by atoms with Crippen LogP contribution in [0.5, 0.6) is 0 Å². The molecule has 84 valence electrons. The zero-order valence-electron chi connectivity index (χ0n) is 9.11. The van der Waals surface area contributed by atoms with Crippen LogP contribution in [0.2, 0.25) is 0 Å². The second-order valence-corrected chi connectivity index (χ2v) is 6.17. The lowest BCUT2D eigenvalue weighted by Crippen LogP contribution is -2.36. The highest BCUT2D eigenvalue weighted by molar-refractivity contribution is 7.99. The van der Waals surface area contributed by atoms with E-state index in [-0.39, 0.29) is 0 Å². The molecule has 1 fully saturated rings. The fraction of sp³-hybridized carbons (Fsp3) is 0.727. The Morgan fingerprint density at radius 1 is 1.67 bits per heavy atom. The van der Waals surface area contributed by atoms with E-state index in [1.54, 1.807) is 11.3 Å². The first-order chi connectivity index (χ1) is 7.36. The molecule has 1 saturated heterocycles. The monoisotopic (exact) mass is 242 g/mol. The van der Waals surface area contributed by atoms with Crippen molar-refractivity contribution < 1.29 is 0 Å². The van der Waals surface area contributed by atoms with Crippen molar-refractivity contribution >= 4 is 23.1 Å². The maximum Gasteiger partial charge on any atom is 0.0965 e. The summed E-state index contributed by atoms with van der Waals surface area (Å²) in [5.41, 5.74) is 0. The second kappa shape index (κ2) is 5.87. The molecule has 15 heavy (non-hydrogen) atoms. The molecule has 0 bridgehead atoms. The number of hydrogen-bond acceptors (Lipinski definition) is 4. The summed E-state index contributed by atoms with van der Waals surface area (Å²) in [5.74, 6) is 3.18. The smallest absolute Gasteiger partial charge is 0.0965 e. The Kier molecular flexibility index (Phi) is 4.47. The third kappa shape index (κ3) is 3.47. The van der Waals surface area contributed by atoms with Crippen molar-refractivity contribution in [2.45, 2.75) is 31.7 Å². The van der Waals surface area contributed by atoms with Gasteiger partial charge in [-0.3, -0.25) is 0 Å². The van der Waals surface area contributed by atoms with Crippen molar-refractivity contribution in [1.82, 2.24) is 10.3 Å². The third-order valence-electron chi connectivity index (χ3n) is 2.75. The summed E-state index contributed by atoms with van der Waals surface area (Å²) in [7, 11) is 0. The molecule has 0 aromatic carbocycles. The third-order valence-corrected chi connectivity index (χ3v) is 4.97. The largest absolute Gasteiger partial charge is 0.312 e. The molecule has 1 aliphatic rings. The van der Waals surface area contributed by atoms with Crippen molar-refractivity contribution in [2.24, 2.45) is 0 Å². The van der Waals surface area contributed by atoms with Crippen LogP contribution < -0.4 is 5.32 Å². The number of hydrogen-bond donors (Lipinski definition) is 1. The Hall–Kier alpha value is -0.0600. The van der Waals surface area contributed by atoms with Crippen molar-refractivity contribution in [2.75, 3.05) is 18.1 Å². The molecule has 0 aliphatic carbocycles. The molecule has 1 aromatic rings. The molecule has 4 heteroatoms. The number of nitrogens with one attached hydrogen (secondary N) is 1. The van der Waals surface area contributed by atoms with Gasteiger partial charge in [-0.1, -0.05) is 6.92 Å². The average molecular weight is 242 g/mol. The summed E-state index contributed by atoms with van der Waals surface area (Å²) < 4.78 is 0. The van der Waals surface area contributed by atoms with E-state index in [0.29, 0.717) is 5.92 Å². The van der Waals surface area contributed by atoms with Gasteiger partial charge in [0.2, 0.25) is 0 Å². The molecular formula is C11H18N2S2. The fourth-order valence-electron chi connectivity index (χ4n) is 1.81. The Morgan fingerprint density at radius 3 is 3.27 bits per heavy atom. The van der Waals surface area contributed by atoms with E-state index in [2.05, 4.69) is 34.4 Å². The van der Waals surface area contributed by atoms with E-state index in [1.165, 1.54) is 29.4 Å². The molecular weight excluding hydrogens is 224 g/mol. The molecule has 2 nitrogen and oxygen atoms in total. The molecule has 2 rings (SSSR count). The van der Waals surface area contributed by atoms with Crippen LogP contribution in [0.25, 0.3) is 0 Å². The maximum atomic E-state index is 4.35. The van der Waals surface area contributed by atoms with Crippen molar-refractivity contribution in [1.29, 1.82) is 0 Å². The Labute approximate surface area is 99.9 Å². The minimum Gasteiger partial charge on any atom is -0.312 e. The number of thioether (sulfide) groups is 1. The number of thiazole rings is 1. The molecule has 2 unspecified atom stereocenters. The summed E-state index contributed by atoms with van der Waals surface area (Å²) in [6.07, 6.45) is 4.61. The Morgan fingerprint density at radius 2 is 2.60 bits per heavy atom. The van der Waals surface area contributed by atoms with Crippen LogP contribution in [-0.2, 0) is 0 Å². The highest BCUT2D eigenvalue weighted by atomic mass is 32.2. The van der Waals surface area contributed by atoms with Gasteiger partial charge >= 0.3 is 0 Å². The topological polar surface area (TPSA) is 24.9 Å². The highest BCUT2D eigenvalue weighted by Gasteiger charge is 2.15. The van der Waals surface area contributed by atoms with Crippen LogP contribution in [0.15, 0.2) is 11.6 Å². The normalized spacial score (nSPS) is 23.9. The molecule has 0 spiro atoms. The zero-order chi connectivity index (χ0) is 10.5. The van der Waals surface area contributed by atoms with E-state index in [1.807, 2.05) is 6.20 Å². The number of nitrogens with zero attached hydrogens (tertiary/aromatic N) is 1. The van der Waals surface area contributed by atoms with Gasteiger partial charge in [0.15, 0.2) is 0 Å².